The number of aromatic nitrogens is 1. The number of anilines is 1. The van der Waals surface area contributed by atoms with Crippen molar-refractivity contribution in [1.82, 2.24) is 9.88 Å². The number of nitrogens with zero attached hydrogens (tertiary/aromatic N) is 3. The van der Waals surface area contributed by atoms with Gasteiger partial charge in [-0.25, -0.2) is 0 Å². The summed E-state index contributed by atoms with van der Waals surface area (Å²) < 4.78 is 0. The summed E-state index contributed by atoms with van der Waals surface area (Å²) >= 11 is 0. The van der Waals surface area contributed by atoms with E-state index < -0.39 is 0 Å². The van der Waals surface area contributed by atoms with Gasteiger partial charge in [0.2, 0.25) is 0 Å². The van der Waals surface area contributed by atoms with Crippen LogP contribution in [-0.4, -0.2) is 54.3 Å². The minimum Gasteiger partial charge on any atom is -0.392 e. The molecule has 0 saturated carbocycles. The monoisotopic (exact) mass is 339 g/mol. The molecule has 0 aliphatic carbocycles. The molecular weight excluding hydrogens is 310 g/mol. The SMILES string of the molecule is Cc1cc(C)c2nccc(N3CCC[C@]4(CN(C)CC[C@@H]4O)C3)c2c1. The van der Waals surface area contributed by atoms with Crippen LogP contribution in [0.4, 0.5) is 5.69 Å². The van der Waals surface area contributed by atoms with Crippen molar-refractivity contribution in [3.8, 4) is 0 Å². The Morgan fingerprint density at radius 1 is 1.20 bits per heavy atom. The molecule has 0 unspecified atom stereocenters. The summed E-state index contributed by atoms with van der Waals surface area (Å²) in [6, 6.07) is 6.62. The fraction of sp³-hybridized carbons (Fsp3) is 0.571. The van der Waals surface area contributed by atoms with Crippen LogP contribution in [0.1, 0.15) is 30.4 Å². The summed E-state index contributed by atoms with van der Waals surface area (Å²) in [5.74, 6) is 0. The second-order valence-corrected chi connectivity index (χ2v) is 8.24. The molecule has 1 aromatic heterocycles. The van der Waals surface area contributed by atoms with E-state index in [2.05, 4.69) is 53.9 Å². The molecule has 3 heterocycles. The van der Waals surface area contributed by atoms with Crippen molar-refractivity contribution in [3.63, 3.8) is 0 Å². The molecule has 134 valence electrons. The number of aliphatic hydroxyl groups is 1. The highest BCUT2D eigenvalue weighted by Gasteiger charge is 2.44. The lowest BCUT2D eigenvalue weighted by molar-refractivity contribution is -0.0465. The van der Waals surface area contributed by atoms with Crippen molar-refractivity contribution >= 4 is 16.6 Å². The Morgan fingerprint density at radius 3 is 2.88 bits per heavy atom. The number of likely N-dealkylation sites (tertiary alicyclic amines) is 1. The number of aliphatic hydroxyl groups excluding tert-OH is 1. The first-order valence-corrected chi connectivity index (χ1v) is 9.46. The van der Waals surface area contributed by atoms with Crippen molar-refractivity contribution < 1.29 is 5.11 Å². The maximum absolute atomic E-state index is 10.8. The third-order valence-corrected chi connectivity index (χ3v) is 6.18. The van der Waals surface area contributed by atoms with Crippen LogP contribution in [-0.2, 0) is 0 Å². The van der Waals surface area contributed by atoms with Crippen molar-refractivity contribution in [3.05, 3.63) is 35.5 Å². The van der Waals surface area contributed by atoms with E-state index in [1.165, 1.54) is 22.2 Å². The normalized spacial score (nSPS) is 28.0. The third-order valence-electron chi connectivity index (χ3n) is 6.18. The number of hydrogen-bond acceptors (Lipinski definition) is 4. The van der Waals surface area contributed by atoms with Gasteiger partial charge in [-0.2, -0.15) is 0 Å². The van der Waals surface area contributed by atoms with Crippen LogP contribution in [0.2, 0.25) is 0 Å². The number of aryl methyl sites for hydroxylation is 2. The highest BCUT2D eigenvalue weighted by molar-refractivity contribution is 5.94. The molecule has 2 saturated heterocycles. The first-order chi connectivity index (χ1) is 12.0. The maximum Gasteiger partial charge on any atom is 0.0752 e. The molecule has 1 aromatic carbocycles. The minimum atomic E-state index is -0.192. The van der Waals surface area contributed by atoms with Crippen LogP contribution in [0.5, 0.6) is 0 Å². The molecule has 0 bridgehead atoms. The standard InChI is InChI=1S/C21H29N3O/c1-15-11-16(2)20-17(12-15)18(5-8-22-20)24-9-4-7-21(14-24)13-23(3)10-6-19(21)25/h5,8,11-12,19,25H,4,6-7,9-10,13-14H2,1-3H3/t19-,21-/m0/s1. The van der Waals surface area contributed by atoms with E-state index >= 15 is 0 Å². The minimum absolute atomic E-state index is 0.000285. The first kappa shape index (κ1) is 16.8. The number of fused-ring (bicyclic) bond motifs is 1. The van der Waals surface area contributed by atoms with Gasteiger partial charge in [0.25, 0.3) is 0 Å². The summed E-state index contributed by atoms with van der Waals surface area (Å²) in [5, 5.41) is 12.0. The zero-order valence-corrected chi connectivity index (χ0v) is 15.6. The van der Waals surface area contributed by atoms with Crippen LogP contribution in [0.25, 0.3) is 10.9 Å². The fourth-order valence-electron chi connectivity index (χ4n) is 5.01. The first-order valence-electron chi connectivity index (χ1n) is 9.46. The summed E-state index contributed by atoms with van der Waals surface area (Å²) in [5.41, 5.74) is 4.89. The molecule has 0 amide bonds. The maximum atomic E-state index is 10.8. The molecule has 2 fully saturated rings. The highest BCUT2D eigenvalue weighted by Crippen LogP contribution is 2.41. The Bertz CT molecular complexity index is 790. The molecule has 1 N–H and O–H groups in total. The number of piperidine rings is 2. The molecule has 2 atom stereocenters. The van der Waals surface area contributed by atoms with Crippen molar-refractivity contribution in [2.75, 3.05) is 38.1 Å². The van der Waals surface area contributed by atoms with Gasteiger partial charge >= 0.3 is 0 Å². The van der Waals surface area contributed by atoms with E-state index in [4.69, 9.17) is 0 Å². The topological polar surface area (TPSA) is 39.6 Å². The number of rotatable bonds is 1. The molecule has 4 nitrogen and oxygen atoms in total. The fourth-order valence-corrected chi connectivity index (χ4v) is 5.01. The van der Waals surface area contributed by atoms with Gasteiger partial charge in [0.05, 0.1) is 11.6 Å². The average Bonchev–Trinajstić information content (AvgIpc) is 2.58. The molecule has 1 spiro atoms. The predicted octanol–water partition coefficient (Wildman–Crippen LogP) is 3.13. The molecule has 2 aliphatic heterocycles. The van der Waals surface area contributed by atoms with Gasteiger partial charge in [-0.05, 0) is 57.9 Å². The van der Waals surface area contributed by atoms with Crippen LogP contribution >= 0.6 is 0 Å². The smallest absolute Gasteiger partial charge is 0.0752 e. The van der Waals surface area contributed by atoms with E-state index in [-0.39, 0.29) is 11.5 Å². The Balaban J connectivity index is 1.74. The van der Waals surface area contributed by atoms with Gasteiger partial charge in [-0.1, -0.05) is 11.6 Å². The Labute approximate surface area is 150 Å². The summed E-state index contributed by atoms with van der Waals surface area (Å²) in [4.78, 5) is 9.50. The Hall–Kier alpha value is -1.65. The van der Waals surface area contributed by atoms with E-state index in [1.807, 2.05) is 6.20 Å². The van der Waals surface area contributed by atoms with Crippen LogP contribution in [0, 0.1) is 19.3 Å². The van der Waals surface area contributed by atoms with E-state index in [9.17, 15) is 5.11 Å². The Morgan fingerprint density at radius 2 is 2.04 bits per heavy atom. The Kier molecular flexibility index (Phi) is 4.20. The van der Waals surface area contributed by atoms with E-state index in [0.29, 0.717) is 0 Å². The second-order valence-electron chi connectivity index (χ2n) is 8.24. The van der Waals surface area contributed by atoms with Crippen molar-refractivity contribution in [2.45, 2.75) is 39.2 Å². The summed E-state index contributed by atoms with van der Waals surface area (Å²) in [7, 11) is 2.18. The second kappa shape index (κ2) is 6.26. The lowest BCUT2D eigenvalue weighted by atomic mass is 9.71. The molecular formula is C21H29N3O. The van der Waals surface area contributed by atoms with Crippen molar-refractivity contribution in [1.29, 1.82) is 0 Å². The summed E-state index contributed by atoms with van der Waals surface area (Å²) in [6.45, 7) is 8.28. The van der Waals surface area contributed by atoms with Crippen molar-refractivity contribution in [2.24, 2.45) is 5.41 Å². The highest BCUT2D eigenvalue weighted by atomic mass is 16.3. The molecule has 4 rings (SSSR count). The quantitative estimate of drug-likeness (QED) is 0.866. The van der Waals surface area contributed by atoms with Gasteiger partial charge in [0.1, 0.15) is 0 Å². The van der Waals surface area contributed by atoms with Gasteiger partial charge < -0.3 is 14.9 Å². The molecule has 2 aromatic rings. The van der Waals surface area contributed by atoms with Crippen LogP contribution in [0.3, 0.4) is 0 Å². The summed E-state index contributed by atoms with van der Waals surface area (Å²) in [6.07, 6.45) is 4.89. The lowest BCUT2D eigenvalue weighted by Gasteiger charge is -2.51. The van der Waals surface area contributed by atoms with E-state index in [1.54, 1.807) is 0 Å². The number of pyridine rings is 1. The van der Waals surface area contributed by atoms with Crippen LogP contribution in [0.15, 0.2) is 24.4 Å². The lowest BCUT2D eigenvalue weighted by Crippen LogP contribution is -2.58. The van der Waals surface area contributed by atoms with E-state index in [0.717, 1.165) is 51.0 Å². The van der Waals surface area contributed by atoms with Gasteiger partial charge in [-0.15, -0.1) is 0 Å². The zero-order chi connectivity index (χ0) is 17.6. The number of hydrogen-bond donors (Lipinski definition) is 1. The zero-order valence-electron chi connectivity index (χ0n) is 15.6. The number of benzene rings is 1. The van der Waals surface area contributed by atoms with Gasteiger partial charge in [-0.3, -0.25) is 4.98 Å². The van der Waals surface area contributed by atoms with Crippen LogP contribution < -0.4 is 4.90 Å². The molecule has 2 aliphatic rings. The molecule has 25 heavy (non-hydrogen) atoms. The average molecular weight is 339 g/mol. The third kappa shape index (κ3) is 2.91. The molecule has 4 heteroatoms. The molecule has 0 radical (unpaired) electrons. The van der Waals surface area contributed by atoms with Gasteiger partial charge in [0, 0.05) is 48.9 Å². The largest absolute Gasteiger partial charge is 0.392 e. The van der Waals surface area contributed by atoms with Gasteiger partial charge in [0.15, 0.2) is 0 Å². The predicted molar refractivity (Wildman–Crippen MR) is 103 cm³/mol.